The molecule has 0 aromatic heterocycles. The molecule has 4 N–H and O–H groups in total. The number of nitrogens with one attached hydrogen (secondary N) is 1. The molecule has 2 aromatic rings. The minimum Gasteiger partial charge on any atom is -0.393 e. The summed E-state index contributed by atoms with van der Waals surface area (Å²) in [5, 5.41) is 23.8. The summed E-state index contributed by atoms with van der Waals surface area (Å²) in [5.74, 6) is -0.581. The number of hydrogen-bond acceptors (Lipinski definition) is 5. The van der Waals surface area contributed by atoms with Crippen LogP contribution in [0.4, 0.5) is 11.4 Å². The molecule has 7 nitrogen and oxygen atoms in total. The second-order valence-electron chi connectivity index (χ2n) is 5.32. The normalized spacial score (nSPS) is 13.1. The Kier molecular flexibility index (Phi) is 4.61. The van der Waals surface area contributed by atoms with E-state index in [0.717, 1.165) is 0 Å². The molecule has 1 unspecified atom stereocenters. The van der Waals surface area contributed by atoms with Crippen LogP contribution in [0, 0.1) is 10.1 Å². The van der Waals surface area contributed by atoms with Crippen molar-refractivity contribution in [2.24, 2.45) is 0 Å². The number of nitro benzene ring substituents is 1. The second kappa shape index (κ2) is 6.45. The maximum Gasteiger partial charge on any atom is 0.292 e. The Morgan fingerprint density at radius 2 is 1.91 bits per heavy atom. The molecule has 0 spiro atoms. The zero-order valence-electron chi connectivity index (χ0n) is 12.5. The number of nitrogens with two attached hydrogens (primary N) is 1. The molecule has 0 aliphatic carbocycles. The second-order valence-corrected chi connectivity index (χ2v) is 5.32. The van der Waals surface area contributed by atoms with Crippen molar-refractivity contribution in [2.45, 2.75) is 12.5 Å². The van der Waals surface area contributed by atoms with E-state index in [1.165, 1.54) is 18.2 Å². The highest BCUT2D eigenvalue weighted by Gasteiger charge is 2.25. The van der Waals surface area contributed by atoms with E-state index in [0.29, 0.717) is 5.56 Å². The Morgan fingerprint density at radius 1 is 1.26 bits per heavy atom. The lowest BCUT2D eigenvalue weighted by Crippen LogP contribution is -2.38. The van der Waals surface area contributed by atoms with Gasteiger partial charge < -0.3 is 16.2 Å². The number of nitrogens with zero attached hydrogens (tertiary/aromatic N) is 1. The Balaban J connectivity index is 2.14. The van der Waals surface area contributed by atoms with Crippen molar-refractivity contribution < 1.29 is 14.8 Å². The number of benzene rings is 2. The van der Waals surface area contributed by atoms with Crippen LogP contribution in [0.15, 0.2) is 48.5 Å². The van der Waals surface area contributed by atoms with E-state index in [1.807, 2.05) is 6.07 Å². The molecule has 0 heterocycles. The molecular formula is C16H17N3O4. The number of nitro groups is 1. The SMILES string of the molecule is CC(O)(CNC(=O)c1cccc([N+](=O)[O-])c1N)c1ccccc1. The van der Waals surface area contributed by atoms with E-state index in [-0.39, 0.29) is 23.5 Å². The van der Waals surface area contributed by atoms with Crippen LogP contribution in [0.25, 0.3) is 0 Å². The van der Waals surface area contributed by atoms with Gasteiger partial charge in [0.25, 0.3) is 11.6 Å². The summed E-state index contributed by atoms with van der Waals surface area (Å²) in [6.07, 6.45) is 0. The fraction of sp³-hybridized carbons (Fsp3) is 0.188. The number of rotatable bonds is 5. The first-order valence-electron chi connectivity index (χ1n) is 6.92. The smallest absolute Gasteiger partial charge is 0.292 e. The van der Waals surface area contributed by atoms with Crippen molar-refractivity contribution in [3.8, 4) is 0 Å². The first-order valence-corrected chi connectivity index (χ1v) is 6.92. The van der Waals surface area contributed by atoms with Gasteiger partial charge in [-0.25, -0.2) is 0 Å². The average molecular weight is 315 g/mol. The van der Waals surface area contributed by atoms with E-state index in [1.54, 1.807) is 31.2 Å². The van der Waals surface area contributed by atoms with Crippen molar-refractivity contribution in [3.63, 3.8) is 0 Å². The predicted molar refractivity (Wildman–Crippen MR) is 85.9 cm³/mol. The highest BCUT2D eigenvalue weighted by molar-refractivity contribution is 6.01. The topological polar surface area (TPSA) is 118 Å². The molecule has 23 heavy (non-hydrogen) atoms. The minimum atomic E-state index is -1.27. The molecule has 2 aromatic carbocycles. The molecule has 7 heteroatoms. The molecular weight excluding hydrogens is 298 g/mol. The Hall–Kier alpha value is -2.93. The number of aliphatic hydroxyl groups is 1. The molecule has 0 saturated heterocycles. The monoisotopic (exact) mass is 315 g/mol. The number of para-hydroxylation sites is 1. The Labute approximate surface area is 132 Å². The summed E-state index contributed by atoms with van der Waals surface area (Å²) < 4.78 is 0. The minimum absolute atomic E-state index is 0.00283. The molecule has 0 aliphatic rings. The van der Waals surface area contributed by atoms with Gasteiger partial charge in [0.15, 0.2) is 0 Å². The highest BCUT2D eigenvalue weighted by atomic mass is 16.6. The maximum atomic E-state index is 12.2. The summed E-state index contributed by atoms with van der Waals surface area (Å²) in [4.78, 5) is 22.4. The van der Waals surface area contributed by atoms with Crippen molar-refractivity contribution in [1.82, 2.24) is 5.32 Å². The van der Waals surface area contributed by atoms with Crippen molar-refractivity contribution >= 4 is 17.3 Å². The molecule has 120 valence electrons. The van der Waals surface area contributed by atoms with Gasteiger partial charge in [0.2, 0.25) is 0 Å². The van der Waals surface area contributed by atoms with E-state index in [4.69, 9.17) is 5.73 Å². The lowest BCUT2D eigenvalue weighted by molar-refractivity contribution is -0.383. The fourth-order valence-electron chi connectivity index (χ4n) is 2.16. The maximum absolute atomic E-state index is 12.2. The van der Waals surface area contributed by atoms with E-state index < -0.39 is 16.4 Å². The summed E-state index contributed by atoms with van der Waals surface area (Å²) in [6, 6.07) is 12.9. The van der Waals surface area contributed by atoms with Crippen LogP contribution in [0.5, 0.6) is 0 Å². The largest absolute Gasteiger partial charge is 0.393 e. The molecule has 0 aliphatic heterocycles. The summed E-state index contributed by atoms with van der Waals surface area (Å²) >= 11 is 0. The standard InChI is InChI=1S/C16H17N3O4/c1-16(21,11-6-3-2-4-7-11)10-18-15(20)12-8-5-9-13(14(12)17)19(22)23/h2-9,21H,10,17H2,1H3,(H,18,20). The third-order valence-electron chi connectivity index (χ3n) is 3.51. The zero-order valence-corrected chi connectivity index (χ0v) is 12.5. The Bertz CT molecular complexity index is 729. The van der Waals surface area contributed by atoms with Gasteiger partial charge in [-0.05, 0) is 18.6 Å². The van der Waals surface area contributed by atoms with Crippen LogP contribution in [0.2, 0.25) is 0 Å². The third-order valence-corrected chi connectivity index (χ3v) is 3.51. The van der Waals surface area contributed by atoms with Crippen molar-refractivity contribution in [2.75, 3.05) is 12.3 Å². The molecule has 0 saturated carbocycles. The summed E-state index contributed by atoms with van der Waals surface area (Å²) in [6.45, 7) is 1.51. The predicted octanol–water partition coefficient (Wildman–Crippen LogP) is 1.81. The number of carbonyl (C=O) groups is 1. The van der Waals surface area contributed by atoms with Crippen molar-refractivity contribution in [3.05, 3.63) is 69.8 Å². The van der Waals surface area contributed by atoms with E-state index >= 15 is 0 Å². The Morgan fingerprint density at radius 3 is 2.52 bits per heavy atom. The van der Waals surface area contributed by atoms with Gasteiger partial charge in [-0.3, -0.25) is 14.9 Å². The number of amides is 1. The number of hydrogen-bond donors (Lipinski definition) is 3. The number of nitrogen functional groups attached to an aromatic ring is 1. The summed E-state index contributed by atoms with van der Waals surface area (Å²) in [5.41, 5.74) is 4.52. The molecule has 0 bridgehead atoms. The van der Waals surface area contributed by atoms with Crippen molar-refractivity contribution in [1.29, 1.82) is 0 Å². The van der Waals surface area contributed by atoms with Gasteiger partial charge in [0, 0.05) is 6.07 Å². The van der Waals surface area contributed by atoms with E-state index in [9.17, 15) is 20.0 Å². The summed E-state index contributed by atoms with van der Waals surface area (Å²) in [7, 11) is 0. The lowest BCUT2D eigenvalue weighted by Gasteiger charge is -2.24. The molecule has 2 rings (SSSR count). The van der Waals surface area contributed by atoms with Crippen LogP contribution in [-0.2, 0) is 5.60 Å². The zero-order chi connectivity index (χ0) is 17.0. The molecule has 0 fully saturated rings. The lowest BCUT2D eigenvalue weighted by atomic mass is 9.96. The van der Waals surface area contributed by atoms with Crippen LogP contribution in [-0.4, -0.2) is 22.5 Å². The van der Waals surface area contributed by atoms with Gasteiger partial charge >= 0.3 is 0 Å². The number of anilines is 1. The van der Waals surface area contributed by atoms with Crippen LogP contribution < -0.4 is 11.1 Å². The van der Waals surface area contributed by atoms with Gasteiger partial charge in [0.05, 0.1) is 17.0 Å². The van der Waals surface area contributed by atoms with Gasteiger partial charge in [-0.15, -0.1) is 0 Å². The molecule has 1 amide bonds. The first-order chi connectivity index (χ1) is 10.8. The van der Waals surface area contributed by atoms with Crippen LogP contribution in [0.1, 0.15) is 22.8 Å². The third kappa shape index (κ3) is 3.64. The molecule has 1 atom stereocenters. The van der Waals surface area contributed by atoms with E-state index in [2.05, 4.69) is 5.32 Å². The van der Waals surface area contributed by atoms with Gasteiger partial charge in [-0.2, -0.15) is 0 Å². The first kappa shape index (κ1) is 16.4. The highest BCUT2D eigenvalue weighted by Crippen LogP contribution is 2.25. The average Bonchev–Trinajstić information content (AvgIpc) is 2.53. The van der Waals surface area contributed by atoms with Gasteiger partial charge in [0.1, 0.15) is 11.3 Å². The number of carbonyl (C=O) groups excluding carboxylic acids is 1. The van der Waals surface area contributed by atoms with Crippen LogP contribution >= 0.6 is 0 Å². The van der Waals surface area contributed by atoms with Crippen LogP contribution in [0.3, 0.4) is 0 Å². The van der Waals surface area contributed by atoms with Gasteiger partial charge in [-0.1, -0.05) is 36.4 Å². The fourth-order valence-corrected chi connectivity index (χ4v) is 2.16. The quantitative estimate of drug-likeness (QED) is 0.442. The molecule has 0 radical (unpaired) electrons.